The highest BCUT2D eigenvalue weighted by Gasteiger charge is 2.52. The van der Waals surface area contributed by atoms with Gasteiger partial charge in [0.2, 0.25) is 0 Å². The Morgan fingerprint density at radius 2 is 1.91 bits per heavy atom. The van der Waals surface area contributed by atoms with E-state index < -0.39 is 0 Å². The van der Waals surface area contributed by atoms with E-state index >= 15 is 0 Å². The van der Waals surface area contributed by atoms with Crippen molar-refractivity contribution in [3.8, 4) is 5.75 Å². The summed E-state index contributed by atoms with van der Waals surface area (Å²) in [6.45, 7) is 8.38. The van der Waals surface area contributed by atoms with Gasteiger partial charge in [0, 0.05) is 12.0 Å². The van der Waals surface area contributed by atoms with Gasteiger partial charge in [0.05, 0.1) is 12.7 Å². The molecule has 1 aromatic carbocycles. The van der Waals surface area contributed by atoms with Gasteiger partial charge in [0.1, 0.15) is 5.75 Å². The summed E-state index contributed by atoms with van der Waals surface area (Å²) in [6.07, 6.45) is 4.01. The number of ketones is 2. The molecule has 0 aromatic heterocycles. The molecule has 0 bridgehead atoms. The van der Waals surface area contributed by atoms with E-state index in [1.807, 2.05) is 6.07 Å². The van der Waals surface area contributed by atoms with Crippen LogP contribution < -0.4 is 4.74 Å². The van der Waals surface area contributed by atoms with Crippen molar-refractivity contribution >= 4 is 11.6 Å². The van der Waals surface area contributed by atoms with Crippen LogP contribution in [0.5, 0.6) is 5.75 Å². The SMILES string of the molecule is COc1cc2c(cc1C(C)=O)C(=O)C[C@H]1C(C)(C)CCC[C@]21C. The molecule has 2 aliphatic carbocycles. The Balaban J connectivity index is 2.24. The van der Waals surface area contributed by atoms with E-state index in [2.05, 4.69) is 20.8 Å². The summed E-state index contributed by atoms with van der Waals surface area (Å²) in [5, 5.41) is 0. The van der Waals surface area contributed by atoms with Crippen molar-refractivity contribution in [2.45, 2.75) is 58.8 Å². The molecule has 2 atom stereocenters. The molecule has 0 heterocycles. The molecule has 1 saturated carbocycles. The van der Waals surface area contributed by atoms with Crippen molar-refractivity contribution in [2.24, 2.45) is 11.3 Å². The highest BCUT2D eigenvalue weighted by Crippen LogP contribution is 2.57. The van der Waals surface area contributed by atoms with Gasteiger partial charge in [-0.25, -0.2) is 0 Å². The highest BCUT2D eigenvalue weighted by atomic mass is 16.5. The van der Waals surface area contributed by atoms with Gasteiger partial charge in [-0.3, -0.25) is 9.59 Å². The second-order valence-electron chi connectivity index (χ2n) is 8.09. The monoisotopic (exact) mass is 314 g/mol. The maximum atomic E-state index is 12.8. The third kappa shape index (κ3) is 2.32. The van der Waals surface area contributed by atoms with Gasteiger partial charge < -0.3 is 4.74 Å². The van der Waals surface area contributed by atoms with Crippen LogP contribution in [0.25, 0.3) is 0 Å². The summed E-state index contributed by atoms with van der Waals surface area (Å²) in [4.78, 5) is 24.7. The lowest BCUT2D eigenvalue weighted by atomic mass is 9.50. The number of Topliss-reactive ketones (excluding diaryl/α,β-unsaturated/α-hetero) is 2. The summed E-state index contributed by atoms with van der Waals surface area (Å²) in [6, 6.07) is 3.72. The number of benzene rings is 1. The van der Waals surface area contributed by atoms with Crippen LogP contribution in [0, 0.1) is 11.3 Å². The van der Waals surface area contributed by atoms with E-state index in [1.165, 1.54) is 19.8 Å². The molecule has 1 fully saturated rings. The lowest BCUT2D eigenvalue weighted by Crippen LogP contribution is -2.49. The lowest BCUT2D eigenvalue weighted by Gasteiger charge is -2.53. The molecule has 3 rings (SSSR count). The smallest absolute Gasteiger partial charge is 0.163 e. The van der Waals surface area contributed by atoms with Crippen molar-refractivity contribution in [1.82, 2.24) is 0 Å². The zero-order valence-electron chi connectivity index (χ0n) is 14.8. The summed E-state index contributed by atoms with van der Waals surface area (Å²) in [5.74, 6) is 1.04. The predicted octanol–water partition coefficient (Wildman–Crippen LogP) is 4.57. The maximum absolute atomic E-state index is 12.8. The first-order valence-electron chi connectivity index (χ1n) is 8.47. The summed E-state index contributed by atoms with van der Waals surface area (Å²) in [7, 11) is 1.59. The van der Waals surface area contributed by atoms with Crippen LogP contribution in [0.3, 0.4) is 0 Å². The van der Waals surface area contributed by atoms with Crippen molar-refractivity contribution in [1.29, 1.82) is 0 Å². The fourth-order valence-corrected chi connectivity index (χ4v) is 4.97. The van der Waals surface area contributed by atoms with Crippen molar-refractivity contribution in [3.05, 3.63) is 28.8 Å². The first-order chi connectivity index (χ1) is 10.7. The third-order valence-electron chi connectivity index (χ3n) is 6.25. The minimum Gasteiger partial charge on any atom is -0.496 e. The van der Waals surface area contributed by atoms with Gasteiger partial charge in [0.25, 0.3) is 0 Å². The molecular formula is C20H26O3. The van der Waals surface area contributed by atoms with Gasteiger partial charge in [-0.05, 0) is 54.2 Å². The summed E-state index contributed by atoms with van der Waals surface area (Å²) >= 11 is 0. The van der Waals surface area contributed by atoms with Crippen molar-refractivity contribution in [3.63, 3.8) is 0 Å². The first-order valence-corrected chi connectivity index (χ1v) is 8.47. The topological polar surface area (TPSA) is 43.4 Å². The number of hydrogen-bond acceptors (Lipinski definition) is 3. The van der Waals surface area contributed by atoms with Gasteiger partial charge in [-0.2, -0.15) is 0 Å². The normalized spacial score (nSPS) is 28.7. The number of ether oxygens (including phenoxy) is 1. The van der Waals surface area contributed by atoms with E-state index in [-0.39, 0.29) is 22.4 Å². The Morgan fingerprint density at radius 3 is 2.52 bits per heavy atom. The summed E-state index contributed by atoms with van der Waals surface area (Å²) < 4.78 is 5.45. The van der Waals surface area contributed by atoms with Crippen LogP contribution in [0.2, 0.25) is 0 Å². The molecule has 0 aliphatic heterocycles. The fourth-order valence-electron chi connectivity index (χ4n) is 4.97. The Labute approximate surface area is 138 Å². The molecule has 3 nitrogen and oxygen atoms in total. The molecule has 0 saturated heterocycles. The van der Waals surface area contributed by atoms with E-state index in [0.29, 0.717) is 23.7 Å². The number of rotatable bonds is 2. The lowest BCUT2D eigenvalue weighted by molar-refractivity contribution is 0.0367. The molecule has 3 heteroatoms. The van der Waals surface area contributed by atoms with Gasteiger partial charge >= 0.3 is 0 Å². The number of carbonyl (C=O) groups excluding carboxylic acids is 2. The summed E-state index contributed by atoms with van der Waals surface area (Å²) in [5.41, 5.74) is 2.46. The van der Waals surface area contributed by atoms with Crippen LogP contribution in [0.15, 0.2) is 12.1 Å². The van der Waals surface area contributed by atoms with Crippen molar-refractivity contribution < 1.29 is 14.3 Å². The molecule has 0 spiro atoms. The molecule has 124 valence electrons. The molecule has 0 unspecified atom stereocenters. The van der Waals surface area contributed by atoms with Crippen LogP contribution >= 0.6 is 0 Å². The Hall–Kier alpha value is -1.64. The molecule has 0 N–H and O–H groups in total. The molecule has 23 heavy (non-hydrogen) atoms. The quantitative estimate of drug-likeness (QED) is 0.751. The second kappa shape index (κ2) is 5.19. The average molecular weight is 314 g/mol. The zero-order valence-corrected chi connectivity index (χ0v) is 14.8. The number of carbonyl (C=O) groups is 2. The van der Waals surface area contributed by atoms with Gasteiger partial charge in [-0.15, -0.1) is 0 Å². The Bertz CT molecular complexity index is 686. The van der Waals surface area contributed by atoms with E-state index in [0.717, 1.165) is 17.5 Å². The van der Waals surface area contributed by atoms with Gasteiger partial charge in [0.15, 0.2) is 11.6 Å². The minimum absolute atomic E-state index is 0.0202. The largest absolute Gasteiger partial charge is 0.496 e. The van der Waals surface area contributed by atoms with Gasteiger partial charge in [-0.1, -0.05) is 27.2 Å². The average Bonchev–Trinajstić information content (AvgIpc) is 2.48. The molecule has 1 aromatic rings. The van der Waals surface area contributed by atoms with Crippen LogP contribution in [0.1, 0.15) is 79.7 Å². The maximum Gasteiger partial charge on any atom is 0.163 e. The minimum atomic E-state index is -0.0614. The Morgan fingerprint density at radius 1 is 1.22 bits per heavy atom. The fraction of sp³-hybridized carbons (Fsp3) is 0.600. The number of methoxy groups -OCH3 is 1. The van der Waals surface area contributed by atoms with Crippen LogP contribution in [-0.2, 0) is 5.41 Å². The van der Waals surface area contributed by atoms with E-state index in [4.69, 9.17) is 4.74 Å². The van der Waals surface area contributed by atoms with Crippen molar-refractivity contribution in [2.75, 3.05) is 7.11 Å². The van der Waals surface area contributed by atoms with E-state index in [9.17, 15) is 9.59 Å². The highest BCUT2D eigenvalue weighted by molar-refractivity contribution is 6.04. The third-order valence-corrected chi connectivity index (χ3v) is 6.25. The number of fused-ring (bicyclic) bond motifs is 3. The van der Waals surface area contributed by atoms with Crippen LogP contribution in [0.4, 0.5) is 0 Å². The second-order valence-corrected chi connectivity index (χ2v) is 8.09. The molecule has 2 aliphatic rings. The molecule has 0 amide bonds. The molecular weight excluding hydrogens is 288 g/mol. The molecule has 0 radical (unpaired) electrons. The van der Waals surface area contributed by atoms with Crippen LogP contribution in [-0.4, -0.2) is 18.7 Å². The Kier molecular flexibility index (Phi) is 3.66. The first kappa shape index (κ1) is 16.2. The predicted molar refractivity (Wildman–Crippen MR) is 90.4 cm³/mol. The van der Waals surface area contributed by atoms with E-state index in [1.54, 1.807) is 13.2 Å². The zero-order chi connectivity index (χ0) is 17.0. The number of hydrogen-bond donors (Lipinski definition) is 0. The standard InChI is InChI=1S/C20H26O3/c1-12(21)13-9-14-15(10-17(13)23-5)20(4)8-6-7-19(2,3)18(20)11-16(14)22/h9-10,18H,6-8,11H2,1-5H3/t18-,20+/m0/s1.